The van der Waals surface area contributed by atoms with Gasteiger partial charge >= 0.3 is 0 Å². The summed E-state index contributed by atoms with van der Waals surface area (Å²) in [6.07, 6.45) is 3.99. The van der Waals surface area contributed by atoms with Crippen LogP contribution in [-0.4, -0.2) is 22.5 Å². The van der Waals surface area contributed by atoms with Gasteiger partial charge in [-0.25, -0.2) is 0 Å². The molecule has 0 aliphatic carbocycles. The molecule has 2 heterocycles. The zero-order valence-corrected chi connectivity index (χ0v) is 12.3. The normalized spacial score (nSPS) is 19.3. The predicted molar refractivity (Wildman–Crippen MR) is 86.4 cm³/mol. The van der Waals surface area contributed by atoms with Crippen molar-refractivity contribution >= 4 is 22.7 Å². The second-order valence-corrected chi connectivity index (χ2v) is 6.74. The molecule has 1 atom stereocenters. The van der Waals surface area contributed by atoms with Crippen LogP contribution in [0, 0.1) is 0 Å². The molecule has 106 valence electrons. The highest BCUT2D eigenvalue weighted by Gasteiger charge is 2.13. The number of nitrogens with one attached hydrogen (secondary N) is 2. The predicted octanol–water partition coefficient (Wildman–Crippen LogP) is 2.90. The Morgan fingerprint density at radius 1 is 1.30 bits per heavy atom. The number of rotatable bonds is 4. The number of fused-ring (bicyclic) bond motifs is 1. The SMILES string of the molecule is O=c1[nH]c2ccccc2cc1CNCC1CCCCS1. The van der Waals surface area contributed by atoms with Gasteiger partial charge in [-0.3, -0.25) is 4.79 Å². The van der Waals surface area contributed by atoms with Crippen molar-refractivity contribution in [2.45, 2.75) is 31.1 Å². The minimum Gasteiger partial charge on any atom is -0.322 e. The topological polar surface area (TPSA) is 44.9 Å². The van der Waals surface area contributed by atoms with Crippen LogP contribution >= 0.6 is 11.8 Å². The number of pyridine rings is 1. The third-order valence-corrected chi connectivity index (χ3v) is 5.19. The van der Waals surface area contributed by atoms with Gasteiger partial charge in [-0.1, -0.05) is 24.6 Å². The second-order valence-electron chi connectivity index (χ2n) is 5.33. The van der Waals surface area contributed by atoms with Crippen LogP contribution in [0.2, 0.25) is 0 Å². The Morgan fingerprint density at radius 2 is 2.20 bits per heavy atom. The van der Waals surface area contributed by atoms with Gasteiger partial charge in [0.1, 0.15) is 0 Å². The fourth-order valence-electron chi connectivity index (χ4n) is 2.66. The van der Waals surface area contributed by atoms with E-state index in [0.717, 1.165) is 23.0 Å². The van der Waals surface area contributed by atoms with E-state index in [4.69, 9.17) is 0 Å². The van der Waals surface area contributed by atoms with Gasteiger partial charge in [0.15, 0.2) is 0 Å². The molecule has 1 aliphatic rings. The smallest absolute Gasteiger partial charge is 0.252 e. The Morgan fingerprint density at radius 3 is 3.05 bits per heavy atom. The Balaban J connectivity index is 1.64. The number of hydrogen-bond acceptors (Lipinski definition) is 3. The lowest BCUT2D eigenvalue weighted by Crippen LogP contribution is -2.28. The fourth-order valence-corrected chi connectivity index (χ4v) is 3.93. The van der Waals surface area contributed by atoms with Crippen molar-refractivity contribution < 1.29 is 0 Å². The van der Waals surface area contributed by atoms with Gasteiger partial charge in [-0.15, -0.1) is 0 Å². The molecule has 1 aromatic carbocycles. The van der Waals surface area contributed by atoms with Crippen LogP contribution < -0.4 is 10.9 Å². The lowest BCUT2D eigenvalue weighted by molar-refractivity contribution is 0.596. The van der Waals surface area contributed by atoms with Crippen molar-refractivity contribution in [2.75, 3.05) is 12.3 Å². The van der Waals surface area contributed by atoms with Gasteiger partial charge in [-0.2, -0.15) is 11.8 Å². The number of aromatic nitrogens is 1. The first-order chi connectivity index (χ1) is 9.83. The van der Waals surface area contributed by atoms with Crippen LogP contribution in [0.4, 0.5) is 0 Å². The molecule has 1 aliphatic heterocycles. The molecule has 1 unspecified atom stereocenters. The van der Waals surface area contributed by atoms with Gasteiger partial charge in [0.25, 0.3) is 5.56 Å². The Kier molecular flexibility index (Phi) is 4.43. The molecule has 0 saturated carbocycles. The van der Waals surface area contributed by atoms with Crippen LogP contribution in [0.1, 0.15) is 24.8 Å². The van der Waals surface area contributed by atoms with Crippen LogP contribution in [-0.2, 0) is 6.54 Å². The zero-order valence-electron chi connectivity index (χ0n) is 11.5. The van der Waals surface area contributed by atoms with Crippen molar-refractivity contribution in [3.8, 4) is 0 Å². The molecule has 4 heteroatoms. The molecule has 3 nitrogen and oxygen atoms in total. The number of H-pyrrole nitrogens is 1. The highest BCUT2D eigenvalue weighted by Crippen LogP contribution is 2.24. The Bertz CT molecular complexity index is 632. The first-order valence-corrected chi connectivity index (χ1v) is 8.31. The summed E-state index contributed by atoms with van der Waals surface area (Å²) < 4.78 is 0. The molecule has 1 fully saturated rings. The largest absolute Gasteiger partial charge is 0.322 e. The van der Waals surface area contributed by atoms with Crippen molar-refractivity contribution in [2.24, 2.45) is 0 Å². The average Bonchev–Trinajstić information content (AvgIpc) is 2.49. The summed E-state index contributed by atoms with van der Waals surface area (Å²) in [4.78, 5) is 15.0. The van der Waals surface area contributed by atoms with Gasteiger partial charge in [0.05, 0.1) is 0 Å². The molecule has 0 amide bonds. The van der Waals surface area contributed by atoms with Gasteiger partial charge in [0.2, 0.25) is 0 Å². The van der Waals surface area contributed by atoms with E-state index >= 15 is 0 Å². The van der Waals surface area contributed by atoms with E-state index in [-0.39, 0.29) is 5.56 Å². The summed E-state index contributed by atoms with van der Waals surface area (Å²) in [5.41, 5.74) is 1.75. The quantitative estimate of drug-likeness (QED) is 0.909. The first kappa shape index (κ1) is 13.7. The minimum atomic E-state index is 0.0208. The lowest BCUT2D eigenvalue weighted by Gasteiger charge is -2.21. The summed E-state index contributed by atoms with van der Waals surface area (Å²) in [6.45, 7) is 1.65. The monoisotopic (exact) mass is 288 g/mol. The van der Waals surface area contributed by atoms with Gasteiger partial charge < -0.3 is 10.3 Å². The molecule has 0 bridgehead atoms. The fraction of sp³-hybridized carbons (Fsp3) is 0.438. The van der Waals surface area contributed by atoms with Crippen LogP contribution in [0.3, 0.4) is 0 Å². The van der Waals surface area contributed by atoms with Crippen molar-refractivity contribution in [3.05, 3.63) is 46.2 Å². The van der Waals surface area contributed by atoms with E-state index in [1.807, 2.05) is 30.3 Å². The van der Waals surface area contributed by atoms with Crippen molar-refractivity contribution in [3.63, 3.8) is 0 Å². The first-order valence-electron chi connectivity index (χ1n) is 7.26. The van der Waals surface area contributed by atoms with E-state index in [1.54, 1.807) is 0 Å². The van der Waals surface area contributed by atoms with Crippen molar-refractivity contribution in [1.29, 1.82) is 0 Å². The maximum absolute atomic E-state index is 12.0. The van der Waals surface area contributed by atoms with Crippen LogP contribution in [0.5, 0.6) is 0 Å². The third kappa shape index (κ3) is 3.25. The van der Waals surface area contributed by atoms with E-state index in [2.05, 4.69) is 22.1 Å². The third-order valence-electron chi connectivity index (χ3n) is 3.79. The molecule has 1 aromatic heterocycles. The molecule has 1 saturated heterocycles. The molecule has 2 aromatic rings. The summed E-state index contributed by atoms with van der Waals surface area (Å²) in [6, 6.07) is 9.90. The van der Waals surface area contributed by atoms with Crippen LogP contribution in [0.25, 0.3) is 10.9 Å². The highest BCUT2D eigenvalue weighted by atomic mass is 32.2. The number of thioether (sulfide) groups is 1. The van der Waals surface area contributed by atoms with E-state index < -0.39 is 0 Å². The maximum atomic E-state index is 12.0. The van der Waals surface area contributed by atoms with Crippen molar-refractivity contribution in [1.82, 2.24) is 10.3 Å². The Hall–Kier alpha value is -1.26. The molecule has 0 spiro atoms. The average molecular weight is 288 g/mol. The highest BCUT2D eigenvalue weighted by molar-refractivity contribution is 7.99. The number of para-hydroxylation sites is 1. The van der Waals surface area contributed by atoms with E-state index in [9.17, 15) is 4.79 Å². The summed E-state index contributed by atoms with van der Waals surface area (Å²) in [7, 11) is 0. The summed E-state index contributed by atoms with van der Waals surface area (Å²) in [5, 5.41) is 5.24. The number of hydrogen-bond donors (Lipinski definition) is 2. The Labute approximate surface area is 123 Å². The van der Waals surface area contributed by atoms with E-state index in [1.165, 1.54) is 25.0 Å². The standard InChI is InChI=1S/C16H20N2OS/c19-16-13(9-12-5-1-2-7-15(12)18-16)10-17-11-14-6-3-4-8-20-14/h1-2,5,7,9,14,17H,3-4,6,8,10-11H2,(H,18,19). The van der Waals surface area contributed by atoms with Gasteiger partial charge in [-0.05, 0) is 36.1 Å². The molecule has 0 radical (unpaired) electrons. The molecule has 2 N–H and O–H groups in total. The van der Waals surface area contributed by atoms with E-state index in [0.29, 0.717) is 11.8 Å². The molecular weight excluding hydrogens is 268 g/mol. The zero-order chi connectivity index (χ0) is 13.8. The van der Waals surface area contributed by atoms with Gasteiger partial charge in [0, 0.05) is 29.4 Å². The molecule has 20 heavy (non-hydrogen) atoms. The second kappa shape index (κ2) is 6.46. The molecule has 3 rings (SSSR count). The summed E-state index contributed by atoms with van der Waals surface area (Å²) >= 11 is 2.06. The lowest BCUT2D eigenvalue weighted by atomic mass is 10.1. The number of benzene rings is 1. The molecular formula is C16H20N2OS. The minimum absolute atomic E-state index is 0.0208. The summed E-state index contributed by atoms with van der Waals surface area (Å²) in [5.74, 6) is 1.28. The van der Waals surface area contributed by atoms with Crippen LogP contribution in [0.15, 0.2) is 35.1 Å². The maximum Gasteiger partial charge on any atom is 0.252 e. The number of aromatic amines is 1.